The van der Waals surface area contributed by atoms with Crippen LogP contribution in [-0.2, 0) is 0 Å². The summed E-state index contributed by atoms with van der Waals surface area (Å²) >= 11 is 1.74. The predicted molar refractivity (Wildman–Crippen MR) is 118 cm³/mol. The highest BCUT2D eigenvalue weighted by atomic mass is 32.1. The van der Waals surface area contributed by atoms with Gasteiger partial charge in [0.15, 0.2) is 23.0 Å². The number of aromatic nitrogens is 1. The van der Waals surface area contributed by atoms with E-state index in [4.69, 9.17) is 14.0 Å². The average Bonchev–Trinajstić information content (AvgIpc) is 3.52. The van der Waals surface area contributed by atoms with Crippen molar-refractivity contribution in [1.29, 1.82) is 0 Å². The second-order valence-electron chi connectivity index (χ2n) is 7.77. The first-order valence-electron chi connectivity index (χ1n) is 10.7. The number of benzene rings is 1. The predicted octanol–water partition coefficient (Wildman–Crippen LogP) is 4.13. The Morgan fingerprint density at radius 1 is 1.10 bits per heavy atom. The molecule has 1 fully saturated rings. The lowest BCUT2D eigenvalue weighted by Gasteiger charge is -2.34. The van der Waals surface area contributed by atoms with Gasteiger partial charge in [0, 0.05) is 23.1 Å². The Kier molecular flexibility index (Phi) is 5.90. The number of carbonyl (C=O) groups is 1. The topological polar surface area (TPSA) is 76.8 Å². The standard InChI is InChI=1S/C23H25N3O4S/c27-23(24-15-18(22-5-4-12-31-22)26-8-2-1-3-9-26)17-14-20(30-25-17)16-6-7-19-21(13-16)29-11-10-28-19/h4-7,12-14,18H,1-3,8-11,15H2,(H,24,27). The number of piperidine rings is 1. The van der Waals surface area contributed by atoms with Crippen LogP contribution in [0.25, 0.3) is 11.3 Å². The van der Waals surface area contributed by atoms with Crippen LogP contribution in [0.5, 0.6) is 11.5 Å². The molecular formula is C23H25N3O4S. The van der Waals surface area contributed by atoms with Crippen LogP contribution in [0.4, 0.5) is 0 Å². The Labute approximate surface area is 184 Å². The van der Waals surface area contributed by atoms with Gasteiger partial charge in [-0.15, -0.1) is 11.3 Å². The number of rotatable bonds is 6. The Hall–Kier alpha value is -2.84. The van der Waals surface area contributed by atoms with E-state index >= 15 is 0 Å². The quantitative estimate of drug-likeness (QED) is 0.622. The molecule has 0 aliphatic carbocycles. The van der Waals surface area contributed by atoms with Gasteiger partial charge in [-0.25, -0.2) is 0 Å². The average molecular weight is 440 g/mol. The van der Waals surface area contributed by atoms with Gasteiger partial charge in [-0.3, -0.25) is 9.69 Å². The van der Waals surface area contributed by atoms with Gasteiger partial charge in [-0.1, -0.05) is 17.6 Å². The molecule has 1 saturated heterocycles. The van der Waals surface area contributed by atoms with E-state index in [1.807, 2.05) is 18.2 Å². The number of amides is 1. The molecule has 1 unspecified atom stereocenters. The minimum atomic E-state index is -0.230. The van der Waals surface area contributed by atoms with Crippen LogP contribution in [0, 0.1) is 0 Å². The molecule has 2 aromatic heterocycles. The van der Waals surface area contributed by atoms with Crippen LogP contribution in [0.1, 0.15) is 40.7 Å². The Bertz CT molecular complexity index is 1030. The third-order valence-corrected chi connectivity index (χ3v) is 6.70. The molecule has 2 aliphatic rings. The second-order valence-corrected chi connectivity index (χ2v) is 8.75. The normalized spacial score (nSPS) is 17.3. The molecule has 0 radical (unpaired) electrons. The summed E-state index contributed by atoms with van der Waals surface area (Å²) in [5.41, 5.74) is 1.06. The summed E-state index contributed by atoms with van der Waals surface area (Å²) in [6.45, 7) is 3.74. The number of ether oxygens (including phenoxy) is 2. The molecule has 1 amide bonds. The fraction of sp³-hybridized carbons (Fsp3) is 0.391. The SMILES string of the molecule is O=C(NCC(c1cccs1)N1CCCCC1)c1cc(-c2ccc3c(c2)OCCO3)on1. The molecule has 7 nitrogen and oxygen atoms in total. The maximum absolute atomic E-state index is 12.8. The Morgan fingerprint density at radius 3 is 2.74 bits per heavy atom. The summed E-state index contributed by atoms with van der Waals surface area (Å²) in [4.78, 5) is 16.5. The number of fused-ring (bicyclic) bond motifs is 1. The zero-order valence-electron chi connectivity index (χ0n) is 17.2. The molecule has 0 bridgehead atoms. The molecule has 0 spiro atoms. The van der Waals surface area contributed by atoms with Crippen LogP contribution in [0.15, 0.2) is 46.3 Å². The first-order valence-corrected chi connectivity index (χ1v) is 11.6. The molecule has 162 valence electrons. The van der Waals surface area contributed by atoms with Gasteiger partial charge in [-0.2, -0.15) is 0 Å². The van der Waals surface area contributed by atoms with Gasteiger partial charge in [0.2, 0.25) is 0 Å². The zero-order valence-corrected chi connectivity index (χ0v) is 18.0. The minimum Gasteiger partial charge on any atom is -0.486 e. The van der Waals surface area contributed by atoms with Crippen LogP contribution in [-0.4, -0.2) is 48.8 Å². The highest BCUT2D eigenvalue weighted by Gasteiger charge is 2.24. The number of thiophene rings is 1. The van der Waals surface area contributed by atoms with E-state index in [0.29, 0.717) is 37.0 Å². The lowest BCUT2D eigenvalue weighted by molar-refractivity contribution is 0.0917. The highest BCUT2D eigenvalue weighted by molar-refractivity contribution is 7.10. The van der Waals surface area contributed by atoms with E-state index in [2.05, 4.69) is 32.9 Å². The van der Waals surface area contributed by atoms with Crippen molar-refractivity contribution in [3.8, 4) is 22.8 Å². The molecule has 1 aromatic carbocycles. The van der Waals surface area contributed by atoms with Crippen LogP contribution in [0.2, 0.25) is 0 Å². The molecule has 0 saturated carbocycles. The van der Waals surface area contributed by atoms with Crippen molar-refractivity contribution in [2.75, 3.05) is 32.8 Å². The maximum Gasteiger partial charge on any atom is 0.273 e. The molecule has 5 rings (SSSR count). The van der Waals surface area contributed by atoms with Crippen LogP contribution in [0.3, 0.4) is 0 Å². The number of hydrogen-bond donors (Lipinski definition) is 1. The van der Waals surface area contributed by atoms with Gasteiger partial charge in [0.25, 0.3) is 5.91 Å². The smallest absolute Gasteiger partial charge is 0.273 e. The third kappa shape index (κ3) is 4.45. The first kappa shape index (κ1) is 20.1. The lowest BCUT2D eigenvalue weighted by atomic mass is 10.1. The number of carbonyl (C=O) groups excluding carboxylic acids is 1. The van der Waals surface area contributed by atoms with E-state index in [9.17, 15) is 4.79 Å². The molecule has 3 aromatic rings. The summed E-state index contributed by atoms with van der Waals surface area (Å²) in [6, 6.07) is 11.6. The van der Waals surface area contributed by atoms with E-state index < -0.39 is 0 Å². The van der Waals surface area contributed by atoms with Crippen molar-refractivity contribution in [3.05, 3.63) is 52.3 Å². The summed E-state index contributed by atoms with van der Waals surface area (Å²) in [7, 11) is 0. The van der Waals surface area contributed by atoms with Gasteiger partial charge >= 0.3 is 0 Å². The number of nitrogens with one attached hydrogen (secondary N) is 1. The second kappa shape index (κ2) is 9.11. The Morgan fingerprint density at radius 2 is 1.94 bits per heavy atom. The minimum absolute atomic E-state index is 0.188. The monoisotopic (exact) mass is 439 g/mol. The van der Waals surface area contributed by atoms with Crippen molar-refractivity contribution in [1.82, 2.24) is 15.4 Å². The fourth-order valence-electron chi connectivity index (χ4n) is 4.12. The fourth-order valence-corrected chi connectivity index (χ4v) is 4.98. The van der Waals surface area contributed by atoms with Gasteiger partial charge in [-0.05, 0) is 55.6 Å². The summed E-state index contributed by atoms with van der Waals surface area (Å²) < 4.78 is 16.6. The van der Waals surface area contributed by atoms with Crippen molar-refractivity contribution in [3.63, 3.8) is 0 Å². The Balaban J connectivity index is 1.27. The van der Waals surface area contributed by atoms with E-state index in [1.165, 1.54) is 24.1 Å². The largest absolute Gasteiger partial charge is 0.486 e. The van der Waals surface area contributed by atoms with Gasteiger partial charge in [0.05, 0.1) is 6.04 Å². The number of likely N-dealkylation sites (tertiary alicyclic amines) is 1. The van der Waals surface area contributed by atoms with Crippen molar-refractivity contribution < 1.29 is 18.8 Å². The molecule has 1 atom stereocenters. The number of nitrogens with zero attached hydrogens (tertiary/aromatic N) is 2. The third-order valence-electron chi connectivity index (χ3n) is 5.73. The molecule has 1 N–H and O–H groups in total. The first-order chi connectivity index (χ1) is 15.3. The summed E-state index contributed by atoms with van der Waals surface area (Å²) in [5.74, 6) is 1.68. The highest BCUT2D eigenvalue weighted by Crippen LogP contribution is 2.34. The summed E-state index contributed by atoms with van der Waals surface area (Å²) in [5, 5.41) is 9.13. The zero-order chi connectivity index (χ0) is 21.0. The van der Waals surface area contributed by atoms with Crippen LogP contribution >= 0.6 is 11.3 Å². The van der Waals surface area contributed by atoms with Crippen molar-refractivity contribution in [2.24, 2.45) is 0 Å². The number of hydrogen-bond acceptors (Lipinski definition) is 7. The van der Waals surface area contributed by atoms with Gasteiger partial charge in [0.1, 0.15) is 13.2 Å². The lowest BCUT2D eigenvalue weighted by Crippen LogP contribution is -2.40. The molecule has 2 aliphatic heterocycles. The van der Waals surface area contributed by atoms with Gasteiger partial charge < -0.3 is 19.3 Å². The molecule has 31 heavy (non-hydrogen) atoms. The molecule has 8 heteroatoms. The van der Waals surface area contributed by atoms with E-state index in [-0.39, 0.29) is 17.6 Å². The maximum atomic E-state index is 12.8. The van der Waals surface area contributed by atoms with Crippen LogP contribution < -0.4 is 14.8 Å². The summed E-state index contributed by atoms with van der Waals surface area (Å²) in [6.07, 6.45) is 3.69. The van der Waals surface area contributed by atoms with Crippen molar-refractivity contribution >= 4 is 17.2 Å². The van der Waals surface area contributed by atoms with Crippen molar-refractivity contribution in [2.45, 2.75) is 25.3 Å². The molecular weight excluding hydrogens is 414 g/mol. The molecule has 4 heterocycles. The van der Waals surface area contributed by atoms with E-state index in [0.717, 1.165) is 18.7 Å². The van der Waals surface area contributed by atoms with E-state index in [1.54, 1.807) is 17.4 Å².